The summed E-state index contributed by atoms with van der Waals surface area (Å²) in [6.45, 7) is 2.71. The average molecular weight is 220 g/mol. The molecule has 4 nitrogen and oxygen atoms in total. The second-order valence-corrected chi connectivity index (χ2v) is 4.81. The maximum atomic E-state index is 5.84. The molecule has 0 amide bonds. The molecule has 1 aliphatic rings. The lowest BCUT2D eigenvalue weighted by molar-refractivity contribution is 0.335. The Bertz CT molecular complexity index is 364. The lowest BCUT2D eigenvalue weighted by Gasteiger charge is -2.25. The minimum Gasteiger partial charge on any atom is -0.383 e. The number of hydrogen-bond donors (Lipinski definition) is 2. The van der Waals surface area contributed by atoms with Crippen molar-refractivity contribution in [3.63, 3.8) is 0 Å². The van der Waals surface area contributed by atoms with Gasteiger partial charge >= 0.3 is 0 Å². The highest BCUT2D eigenvalue weighted by molar-refractivity contribution is 5.37. The van der Waals surface area contributed by atoms with Crippen LogP contribution in [0.25, 0.3) is 0 Å². The van der Waals surface area contributed by atoms with Gasteiger partial charge in [-0.15, -0.1) is 0 Å². The van der Waals surface area contributed by atoms with Gasteiger partial charge < -0.3 is 11.5 Å². The third-order valence-corrected chi connectivity index (χ3v) is 3.44. The Morgan fingerprint density at radius 3 is 2.88 bits per heavy atom. The van der Waals surface area contributed by atoms with Crippen molar-refractivity contribution in [3.8, 4) is 0 Å². The van der Waals surface area contributed by atoms with Crippen LogP contribution >= 0.6 is 0 Å². The fourth-order valence-corrected chi connectivity index (χ4v) is 2.46. The smallest absolute Gasteiger partial charge is 0.133 e. The minimum atomic E-state index is 0.410. The van der Waals surface area contributed by atoms with E-state index in [0.29, 0.717) is 18.3 Å². The molecule has 2 unspecified atom stereocenters. The molecule has 0 aromatic carbocycles. The molecule has 1 heterocycles. The van der Waals surface area contributed by atoms with Crippen LogP contribution in [0.4, 0.5) is 5.82 Å². The largest absolute Gasteiger partial charge is 0.383 e. The summed E-state index contributed by atoms with van der Waals surface area (Å²) in [5, 5.41) is 0. The van der Waals surface area contributed by atoms with Crippen molar-refractivity contribution in [2.75, 3.05) is 5.73 Å². The van der Waals surface area contributed by atoms with Crippen molar-refractivity contribution < 1.29 is 0 Å². The Kier molecular flexibility index (Phi) is 3.39. The van der Waals surface area contributed by atoms with E-state index < -0.39 is 0 Å². The molecule has 0 saturated heterocycles. The Hall–Kier alpha value is -1.16. The molecule has 16 heavy (non-hydrogen) atoms. The molecule has 1 aromatic rings. The number of hydrogen-bond acceptors (Lipinski definition) is 4. The fraction of sp³-hybridized carbons (Fsp3) is 0.667. The van der Waals surface area contributed by atoms with E-state index in [2.05, 4.69) is 16.9 Å². The van der Waals surface area contributed by atoms with Gasteiger partial charge in [0.05, 0.1) is 0 Å². The molecule has 2 rings (SSSR count). The van der Waals surface area contributed by atoms with Gasteiger partial charge in [0.25, 0.3) is 0 Å². The first-order valence-corrected chi connectivity index (χ1v) is 6.02. The molecule has 88 valence electrons. The minimum absolute atomic E-state index is 0.410. The summed E-state index contributed by atoms with van der Waals surface area (Å²) in [6.07, 6.45) is 6.74. The van der Waals surface area contributed by atoms with Gasteiger partial charge in [-0.3, -0.25) is 0 Å². The van der Waals surface area contributed by atoms with E-state index in [-0.39, 0.29) is 0 Å². The van der Waals surface area contributed by atoms with Crippen LogP contribution in [0.15, 0.2) is 6.20 Å². The summed E-state index contributed by atoms with van der Waals surface area (Å²) in [4.78, 5) is 8.79. The van der Waals surface area contributed by atoms with Crippen LogP contribution in [-0.4, -0.2) is 9.97 Å². The Morgan fingerprint density at radius 1 is 1.44 bits per heavy atom. The maximum Gasteiger partial charge on any atom is 0.133 e. The summed E-state index contributed by atoms with van der Waals surface area (Å²) >= 11 is 0. The second kappa shape index (κ2) is 4.78. The van der Waals surface area contributed by atoms with Crippen LogP contribution in [0.5, 0.6) is 0 Å². The first-order valence-electron chi connectivity index (χ1n) is 6.02. The van der Waals surface area contributed by atoms with E-state index >= 15 is 0 Å². The van der Waals surface area contributed by atoms with Gasteiger partial charge in [0, 0.05) is 24.2 Å². The van der Waals surface area contributed by atoms with Crippen molar-refractivity contribution in [2.45, 2.75) is 45.1 Å². The number of nitrogens with two attached hydrogens (primary N) is 2. The third-order valence-electron chi connectivity index (χ3n) is 3.44. The van der Waals surface area contributed by atoms with Gasteiger partial charge in [-0.05, 0) is 18.8 Å². The highest BCUT2D eigenvalue weighted by Crippen LogP contribution is 2.34. The molecule has 0 aliphatic heterocycles. The topological polar surface area (TPSA) is 77.8 Å². The van der Waals surface area contributed by atoms with Crippen molar-refractivity contribution in [3.05, 3.63) is 17.6 Å². The van der Waals surface area contributed by atoms with Crippen molar-refractivity contribution in [1.82, 2.24) is 9.97 Å². The Morgan fingerprint density at radius 2 is 2.25 bits per heavy atom. The van der Waals surface area contributed by atoms with Crippen LogP contribution in [0, 0.1) is 5.92 Å². The standard InChI is InChI=1S/C12H20N4/c1-8-3-2-4-9(5-8)12-15-7-10(6-13)11(14)16-12/h7-9H,2-6,13H2,1H3,(H2,14,15,16). The van der Waals surface area contributed by atoms with Crippen LogP contribution in [0.3, 0.4) is 0 Å². The first kappa shape index (κ1) is 11.3. The highest BCUT2D eigenvalue weighted by atomic mass is 15.0. The third kappa shape index (κ3) is 2.32. The molecule has 0 bridgehead atoms. The Balaban J connectivity index is 2.17. The summed E-state index contributed by atoms with van der Waals surface area (Å²) in [5.41, 5.74) is 12.2. The summed E-state index contributed by atoms with van der Waals surface area (Å²) in [6, 6.07) is 0. The van der Waals surface area contributed by atoms with Gasteiger partial charge in [-0.2, -0.15) is 0 Å². The van der Waals surface area contributed by atoms with Crippen LogP contribution in [-0.2, 0) is 6.54 Å². The summed E-state index contributed by atoms with van der Waals surface area (Å²) < 4.78 is 0. The number of nitrogens with zero attached hydrogens (tertiary/aromatic N) is 2. The van der Waals surface area contributed by atoms with E-state index in [1.807, 2.05) is 0 Å². The monoisotopic (exact) mass is 220 g/mol. The molecule has 1 aliphatic carbocycles. The van der Waals surface area contributed by atoms with Crippen LogP contribution in [0.1, 0.15) is 49.9 Å². The van der Waals surface area contributed by atoms with Crippen LogP contribution < -0.4 is 11.5 Å². The molecule has 1 aromatic heterocycles. The zero-order valence-electron chi connectivity index (χ0n) is 9.82. The molecular weight excluding hydrogens is 200 g/mol. The van der Waals surface area contributed by atoms with E-state index in [1.54, 1.807) is 6.20 Å². The number of nitrogen functional groups attached to an aromatic ring is 1. The molecule has 0 spiro atoms. The Labute approximate surface area is 96.5 Å². The number of aromatic nitrogens is 2. The van der Waals surface area contributed by atoms with Gasteiger partial charge in [0.15, 0.2) is 0 Å². The zero-order chi connectivity index (χ0) is 11.5. The molecule has 1 fully saturated rings. The van der Waals surface area contributed by atoms with Gasteiger partial charge in [-0.1, -0.05) is 19.8 Å². The van der Waals surface area contributed by atoms with Gasteiger partial charge in [-0.25, -0.2) is 9.97 Å². The maximum absolute atomic E-state index is 5.84. The van der Waals surface area contributed by atoms with E-state index in [4.69, 9.17) is 11.5 Å². The second-order valence-electron chi connectivity index (χ2n) is 4.81. The van der Waals surface area contributed by atoms with E-state index in [1.165, 1.54) is 25.7 Å². The van der Waals surface area contributed by atoms with Gasteiger partial charge in [0.1, 0.15) is 11.6 Å². The lowest BCUT2D eigenvalue weighted by Crippen LogP contribution is -2.16. The summed E-state index contributed by atoms with van der Waals surface area (Å²) in [7, 11) is 0. The van der Waals surface area contributed by atoms with E-state index in [9.17, 15) is 0 Å². The molecule has 2 atom stereocenters. The quantitative estimate of drug-likeness (QED) is 0.796. The molecule has 0 radical (unpaired) electrons. The van der Waals surface area contributed by atoms with Crippen LogP contribution in [0.2, 0.25) is 0 Å². The normalized spacial score (nSPS) is 25.6. The molecular formula is C12H20N4. The predicted octanol–water partition coefficient (Wildman–Crippen LogP) is 1.81. The van der Waals surface area contributed by atoms with Crippen molar-refractivity contribution >= 4 is 5.82 Å². The lowest BCUT2D eigenvalue weighted by atomic mass is 9.82. The number of anilines is 1. The highest BCUT2D eigenvalue weighted by Gasteiger charge is 2.22. The van der Waals surface area contributed by atoms with Crippen molar-refractivity contribution in [2.24, 2.45) is 11.7 Å². The summed E-state index contributed by atoms with van der Waals surface area (Å²) in [5.74, 6) is 2.71. The fourth-order valence-electron chi connectivity index (χ4n) is 2.46. The molecule has 4 heteroatoms. The average Bonchev–Trinajstić information content (AvgIpc) is 2.29. The molecule has 4 N–H and O–H groups in total. The zero-order valence-corrected chi connectivity index (χ0v) is 9.82. The number of rotatable bonds is 2. The van der Waals surface area contributed by atoms with E-state index in [0.717, 1.165) is 17.3 Å². The molecule has 1 saturated carbocycles. The van der Waals surface area contributed by atoms with Gasteiger partial charge in [0.2, 0.25) is 0 Å². The first-order chi connectivity index (χ1) is 7.70. The van der Waals surface area contributed by atoms with Crippen molar-refractivity contribution in [1.29, 1.82) is 0 Å². The SMILES string of the molecule is CC1CCCC(c2ncc(CN)c(N)n2)C1. The predicted molar refractivity (Wildman–Crippen MR) is 64.7 cm³/mol.